The van der Waals surface area contributed by atoms with Gasteiger partial charge in [-0.3, -0.25) is 24.8 Å². The molecule has 150 valence electrons. The van der Waals surface area contributed by atoms with Crippen molar-refractivity contribution in [2.24, 2.45) is 0 Å². The first kappa shape index (κ1) is 21.3. The molecule has 0 aliphatic carbocycles. The maximum Gasteiger partial charge on any atom is 0.319 e. The second kappa shape index (κ2) is 9.79. The molecule has 0 spiro atoms. The molecule has 0 aromatic heterocycles. The summed E-state index contributed by atoms with van der Waals surface area (Å²) in [6, 6.07) is 8.26. The van der Waals surface area contributed by atoms with E-state index in [2.05, 4.69) is 0 Å². The maximum absolute atomic E-state index is 11.9. The summed E-state index contributed by atoms with van der Waals surface area (Å²) in [4.78, 5) is 20.6. The Morgan fingerprint density at radius 3 is 1.54 bits per heavy atom. The van der Waals surface area contributed by atoms with Crippen molar-refractivity contribution in [3.63, 3.8) is 0 Å². The zero-order chi connectivity index (χ0) is 20.7. The van der Waals surface area contributed by atoms with Crippen LogP contribution in [0.1, 0.15) is 11.1 Å². The van der Waals surface area contributed by atoms with Gasteiger partial charge in [-0.2, -0.15) is 0 Å². The monoisotopic (exact) mass is 412 g/mol. The highest BCUT2D eigenvalue weighted by atomic mass is 31.1. The summed E-state index contributed by atoms with van der Waals surface area (Å²) >= 11 is 0. The van der Waals surface area contributed by atoms with Crippen molar-refractivity contribution >= 4 is 19.6 Å². The average molecular weight is 412 g/mol. The third-order valence-electron chi connectivity index (χ3n) is 3.60. The molecule has 11 nitrogen and oxygen atoms in total. The molecule has 0 fully saturated rings. The summed E-state index contributed by atoms with van der Waals surface area (Å²) < 4.78 is 32.1. The molecule has 28 heavy (non-hydrogen) atoms. The lowest BCUT2D eigenvalue weighted by Crippen LogP contribution is -1.97. The summed E-state index contributed by atoms with van der Waals surface area (Å²) in [7, 11) is -0.269. The number of benzene rings is 2. The van der Waals surface area contributed by atoms with E-state index in [1.165, 1.54) is 50.6 Å². The van der Waals surface area contributed by atoms with Crippen LogP contribution < -0.4 is 9.47 Å². The Bertz CT molecular complexity index is 832. The van der Waals surface area contributed by atoms with Gasteiger partial charge < -0.3 is 18.5 Å². The van der Waals surface area contributed by atoms with Gasteiger partial charge in [0.05, 0.1) is 37.3 Å². The number of rotatable bonds is 10. The molecule has 0 unspecified atom stereocenters. The van der Waals surface area contributed by atoms with Crippen LogP contribution in [-0.4, -0.2) is 24.1 Å². The zero-order valence-corrected chi connectivity index (χ0v) is 15.9. The number of nitrogens with zero attached hydrogens (tertiary/aromatic N) is 2. The Morgan fingerprint density at radius 1 is 0.821 bits per heavy atom. The summed E-state index contributed by atoms with van der Waals surface area (Å²) in [6.07, 6.45) is 0. The summed E-state index contributed by atoms with van der Waals surface area (Å²) in [5.41, 5.74) is 0.646. The number of methoxy groups -OCH3 is 2. The molecule has 12 heteroatoms. The van der Waals surface area contributed by atoms with Crippen molar-refractivity contribution in [1.29, 1.82) is 0 Å². The minimum Gasteiger partial charge on any atom is -0.490 e. The molecule has 0 aliphatic rings. The normalized spacial score (nSPS) is 10.7. The fourth-order valence-corrected chi connectivity index (χ4v) is 2.90. The second-order valence-corrected chi connectivity index (χ2v) is 6.43. The van der Waals surface area contributed by atoms with Crippen molar-refractivity contribution in [1.82, 2.24) is 0 Å². The molecule has 2 aromatic carbocycles. The highest BCUT2D eigenvalue weighted by Crippen LogP contribution is 2.33. The van der Waals surface area contributed by atoms with E-state index in [-0.39, 0.29) is 36.1 Å². The fraction of sp³-hybridized carbons (Fsp3) is 0.250. The predicted octanol–water partition coefficient (Wildman–Crippen LogP) is 3.64. The van der Waals surface area contributed by atoms with E-state index in [9.17, 15) is 24.8 Å². The van der Waals surface area contributed by atoms with Crippen LogP contribution in [0.4, 0.5) is 11.4 Å². The van der Waals surface area contributed by atoms with Crippen molar-refractivity contribution in [3.05, 3.63) is 67.8 Å². The van der Waals surface area contributed by atoms with E-state index in [0.29, 0.717) is 11.1 Å². The van der Waals surface area contributed by atoms with Gasteiger partial charge in [0.2, 0.25) is 0 Å². The number of ether oxygens (including phenoxy) is 2. The van der Waals surface area contributed by atoms with E-state index in [4.69, 9.17) is 18.5 Å². The van der Waals surface area contributed by atoms with Crippen LogP contribution in [0.25, 0.3) is 0 Å². The van der Waals surface area contributed by atoms with Gasteiger partial charge in [0, 0.05) is 12.1 Å². The molecule has 0 aliphatic heterocycles. The van der Waals surface area contributed by atoms with E-state index in [1.807, 2.05) is 0 Å². The minimum atomic E-state index is -2.87. The first-order valence-corrected chi connectivity index (χ1v) is 9.00. The Hall–Kier alpha value is -3.01. The van der Waals surface area contributed by atoms with Gasteiger partial charge >= 0.3 is 19.6 Å². The highest BCUT2D eigenvalue weighted by Gasteiger charge is 2.16. The molecule has 2 rings (SSSR count). The second-order valence-electron chi connectivity index (χ2n) is 5.35. The Labute approximate surface area is 160 Å². The molecule has 0 saturated heterocycles. The molecule has 0 N–H and O–H groups in total. The lowest BCUT2D eigenvalue weighted by Gasteiger charge is -2.08. The van der Waals surface area contributed by atoms with Gasteiger partial charge in [-0.15, -0.1) is 0 Å². The van der Waals surface area contributed by atoms with Crippen molar-refractivity contribution in [3.8, 4) is 11.5 Å². The van der Waals surface area contributed by atoms with Gasteiger partial charge in [0.25, 0.3) is 0 Å². The van der Waals surface area contributed by atoms with Crippen LogP contribution >= 0.6 is 8.25 Å². The van der Waals surface area contributed by atoms with Gasteiger partial charge in [-0.1, -0.05) is 0 Å². The number of hydrogen-bond donors (Lipinski definition) is 0. The number of nitro benzene ring substituents is 2. The lowest BCUT2D eigenvalue weighted by molar-refractivity contribution is -0.385. The predicted molar refractivity (Wildman–Crippen MR) is 97.9 cm³/mol. The summed E-state index contributed by atoms with van der Waals surface area (Å²) in [5.74, 6) is 0.120. The highest BCUT2D eigenvalue weighted by molar-refractivity contribution is 7.33. The topological polar surface area (TPSA) is 140 Å². The molecule has 0 heterocycles. The van der Waals surface area contributed by atoms with E-state index in [1.54, 1.807) is 0 Å². The third-order valence-corrected chi connectivity index (χ3v) is 4.36. The number of hydrogen-bond acceptors (Lipinski definition) is 9. The van der Waals surface area contributed by atoms with Gasteiger partial charge in [0.15, 0.2) is 11.5 Å². The molecular formula is C16H17N2O9P. The molecule has 0 bridgehead atoms. The maximum atomic E-state index is 11.9. The zero-order valence-electron chi connectivity index (χ0n) is 14.9. The van der Waals surface area contributed by atoms with Gasteiger partial charge in [-0.05, 0) is 35.4 Å². The lowest BCUT2D eigenvalue weighted by atomic mass is 10.2. The van der Waals surface area contributed by atoms with E-state index < -0.39 is 18.1 Å². The van der Waals surface area contributed by atoms with Crippen LogP contribution in [0.3, 0.4) is 0 Å². The molecule has 0 amide bonds. The van der Waals surface area contributed by atoms with Crippen LogP contribution in [0, 0.1) is 20.2 Å². The van der Waals surface area contributed by atoms with E-state index in [0.717, 1.165) is 0 Å². The van der Waals surface area contributed by atoms with Crippen molar-refractivity contribution < 1.29 is 32.9 Å². The van der Waals surface area contributed by atoms with Crippen LogP contribution in [0.2, 0.25) is 0 Å². The SMILES string of the molecule is COc1cc(CO[PH](=O)OCc2ccc([N+](=O)[O-])c(OC)c2)ccc1[N+](=O)[O-]. The Kier molecular flexibility index (Phi) is 7.44. The van der Waals surface area contributed by atoms with Crippen LogP contribution in [-0.2, 0) is 26.8 Å². The Balaban J connectivity index is 1.93. The first-order chi connectivity index (χ1) is 13.3. The van der Waals surface area contributed by atoms with Gasteiger partial charge in [-0.25, -0.2) is 0 Å². The van der Waals surface area contributed by atoms with E-state index >= 15 is 0 Å². The quantitative estimate of drug-likeness (QED) is 0.325. The Morgan fingerprint density at radius 2 is 1.21 bits per heavy atom. The largest absolute Gasteiger partial charge is 0.490 e. The first-order valence-electron chi connectivity index (χ1n) is 7.78. The third kappa shape index (κ3) is 5.49. The summed E-state index contributed by atoms with van der Waals surface area (Å²) in [5, 5.41) is 21.7. The van der Waals surface area contributed by atoms with Crippen LogP contribution in [0.5, 0.6) is 11.5 Å². The fourth-order valence-electron chi connectivity index (χ4n) is 2.25. The standard InChI is InChI=1S/C16H17N2O9P/c1-24-15-7-11(3-5-13(15)17(19)20)9-26-28(23)27-10-12-4-6-14(18(21)22)16(8-12)25-2/h3-8,28H,9-10H2,1-2H3. The molecular weight excluding hydrogens is 395 g/mol. The van der Waals surface area contributed by atoms with Gasteiger partial charge in [0.1, 0.15) is 0 Å². The molecule has 2 aromatic rings. The molecule has 0 radical (unpaired) electrons. The average Bonchev–Trinajstić information content (AvgIpc) is 2.69. The van der Waals surface area contributed by atoms with Crippen molar-refractivity contribution in [2.75, 3.05) is 14.2 Å². The van der Waals surface area contributed by atoms with Crippen molar-refractivity contribution in [2.45, 2.75) is 13.2 Å². The van der Waals surface area contributed by atoms with Crippen LogP contribution in [0.15, 0.2) is 36.4 Å². The molecule has 0 saturated carbocycles. The smallest absolute Gasteiger partial charge is 0.319 e. The summed E-state index contributed by atoms with van der Waals surface area (Å²) in [6.45, 7) is -0.203. The molecule has 0 atom stereocenters. The number of nitro groups is 2. The minimum absolute atomic E-state index is 0.0599.